The summed E-state index contributed by atoms with van der Waals surface area (Å²) in [6.45, 7) is 9.37. The largest absolute Gasteiger partial charge is 0.376 e. The fourth-order valence-electron chi connectivity index (χ4n) is 1.75. The van der Waals surface area contributed by atoms with Gasteiger partial charge in [-0.05, 0) is 31.4 Å². The van der Waals surface area contributed by atoms with Crippen LogP contribution in [0.1, 0.15) is 33.1 Å². The molecule has 2 nitrogen and oxygen atoms in total. The lowest BCUT2D eigenvalue weighted by molar-refractivity contribution is 0.124. The maximum absolute atomic E-state index is 5.42. The van der Waals surface area contributed by atoms with Crippen LogP contribution in [-0.2, 0) is 4.74 Å². The molecule has 1 aliphatic heterocycles. The van der Waals surface area contributed by atoms with Gasteiger partial charge in [-0.1, -0.05) is 26.0 Å². The van der Waals surface area contributed by atoms with Crippen LogP contribution >= 0.6 is 0 Å². The molecule has 16 heavy (non-hydrogen) atoms. The number of nitrogens with zero attached hydrogens (tertiary/aromatic N) is 1. The van der Waals surface area contributed by atoms with E-state index in [2.05, 4.69) is 43.7 Å². The molecule has 90 valence electrons. The van der Waals surface area contributed by atoms with Crippen LogP contribution in [0.4, 0.5) is 0 Å². The Morgan fingerprint density at radius 2 is 2.31 bits per heavy atom. The maximum Gasteiger partial charge on any atom is 0.0939 e. The van der Waals surface area contributed by atoms with Gasteiger partial charge in [0.2, 0.25) is 0 Å². The molecule has 1 aliphatic rings. The molecule has 0 saturated carbocycles. The average Bonchev–Trinajstić information content (AvgIpc) is 2.48. The highest BCUT2D eigenvalue weighted by molar-refractivity contribution is 5.25. The summed E-state index contributed by atoms with van der Waals surface area (Å²) in [6, 6.07) is 0. The SMILES string of the molecule is C=C1C=CN(CCCC)C(C(C)OC)=CC1. The molecule has 1 unspecified atom stereocenters. The molecule has 0 aromatic rings. The van der Waals surface area contributed by atoms with Gasteiger partial charge in [-0.3, -0.25) is 0 Å². The lowest BCUT2D eigenvalue weighted by atomic mass is 10.1. The predicted molar refractivity (Wildman–Crippen MR) is 69.1 cm³/mol. The zero-order valence-electron chi connectivity index (χ0n) is 10.7. The van der Waals surface area contributed by atoms with E-state index in [4.69, 9.17) is 4.74 Å². The molecule has 1 heterocycles. The van der Waals surface area contributed by atoms with Gasteiger partial charge in [0.15, 0.2) is 0 Å². The summed E-state index contributed by atoms with van der Waals surface area (Å²) < 4.78 is 5.42. The molecule has 0 amide bonds. The molecule has 0 aromatic carbocycles. The summed E-state index contributed by atoms with van der Waals surface area (Å²) in [5.41, 5.74) is 2.41. The fourth-order valence-corrected chi connectivity index (χ4v) is 1.75. The number of methoxy groups -OCH3 is 1. The molecular weight excluding hydrogens is 198 g/mol. The van der Waals surface area contributed by atoms with Gasteiger partial charge in [-0.25, -0.2) is 0 Å². The van der Waals surface area contributed by atoms with Crippen LogP contribution in [0.15, 0.2) is 36.2 Å². The number of unbranched alkanes of at least 4 members (excludes halogenated alkanes) is 1. The number of hydrogen-bond donors (Lipinski definition) is 0. The van der Waals surface area contributed by atoms with Gasteiger partial charge >= 0.3 is 0 Å². The quantitative estimate of drug-likeness (QED) is 0.704. The van der Waals surface area contributed by atoms with E-state index in [0.717, 1.165) is 18.5 Å². The lowest BCUT2D eigenvalue weighted by Gasteiger charge is -2.26. The third-order valence-corrected chi connectivity index (χ3v) is 2.92. The third kappa shape index (κ3) is 3.53. The van der Waals surface area contributed by atoms with Crippen molar-refractivity contribution in [2.75, 3.05) is 13.7 Å². The van der Waals surface area contributed by atoms with Crippen LogP contribution in [0.25, 0.3) is 0 Å². The van der Waals surface area contributed by atoms with E-state index in [9.17, 15) is 0 Å². The van der Waals surface area contributed by atoms with E-state index >= 15 is 0 Å². The van der Waals surface area contributed by atoms with Crippen LogP contribution in [0, 0.1) is 0 Å². The summed E-state index contributed by atoms with van der Waals surface area (Å²) in [6.07, 6.45) is 9.93. The molecule has 0 saturated heterocycles. The van der Waals surface area contributed by atoms with Crippen molar-refractivity contribution in [1.82, 2.24) is 4.90 Å². The van der Waals surface area contributed by atoms with Gasteiger partial charge in [0, 0.05) is 25.6 Å². The van der Waals surface area contributed by atoms with Gasteiger partial charge in [-0.2, -0.15) is 0 Å². The van der Waals surface area contributed by atoms with Gasteiger partial charge in [0.05, 0.1) is 6.10 Å². The highest BCUT2D eigenvalue weighted by Crippen LogP contribution is 2.20. The minimum absolute atomic E-state index is 0.146. The van der Waals surface area contributed by atoms with Crippen LogP contribution in [0.5, 0.6) is 0 Å². The Morgan fingerprint density at radius 3 is 2.94 bits per heavy atom. The standard InChI is InChI=1S/C14H23NO/c1-5-6-10-15-11-9-12(2)7-8-14(15)13(3)16-4/h8-9,11,13H,2,5-7,10H2,1,3-4H3. The first-order valence-electron chi connectivity index (χ1n) is 6.04. The Morgan fingerprint density at radius 1 is 1.56 bits per heavy atom. The highest BCUT2D eigenvalue weighted by Gasteiger charge is 2.15. The molecule has 0 bridgehead atoms. The van der Waals surface area contributed by atoms with Gasteiger partial charge < -0.3 is 9.64 Å². The summed E-state index contributed by atoms with van der Waals surface area (Å²) in [7, 11) is 1.76. The smallest absolute Gasteiger partial charge is 0.0939 e. The molecule has 2 heteroatoms. The van der Waals surface area contributed by atoms with Crippen LogP contribution in [0.3, 0.4) is 0 Å². The second-order valence-electron chi connectivity index (χ2n) is 4.23. The first kappa shape index (κ1) is 13.0. The Labute approximate surface area is 99.3 Å². The molecule has 0 aliphatic carbocycles. The van der Waals surface area contributed by atoms with Crippen LogP contribution in [-0.4, -0.2) is 24.7 Å². The molecule has 0 spiro atoms. The van der Waals surface area contributed by atoms with Crippen LogP contribution < -0.4 is 0 Å². The second-order valence-corrected chi connectivity index (χ2v) is 4.23. The molecule has 0 N–H and O–H groups in total. The molecule has 1 atom stereocenters. The van der Waals surface area contributed by atoms with Crippen molar-refractivity contribution < 1.29 is 4.74 Å². The minimum atomic E-state index is 0.146. The van der Waals surface area contributed by atoms with E-state index in [-0.39, 0.29) is 6.10 Å². The molecule has 1 rings (SSSR count). The van der Waals surface area contributed by atoms with E-state index in [0.29, 0.717) is 0 Å². The predicted octanol–water partition coefficient (Wildman–Crippen LogP) is 3.48. The third-order valence-electron chi connectivity index (χ3n) is 2.92. The minimum Gasteiger partial charge on any atom is -0.376 e. The normalized spacial score (nSPS) is 18.3. The summed E-state index contributed by atoms with van der Waals surface area (Å²) >= 11 is 0. The van der Waals surface area contributed by atoms with Crippen molar-refractivity contribution in [3.8, 4) is 0 Å². The Hall–Kier alpha value is -1.02. The van der Waals surface area contributed by atoms with Gasteiger partial charge in [0.1, 0.15) is 0 Å². The number of ether oxygens (including phenoxy) is 1. The Bertz CT molecular complexity index is 291. The highest BCUT2D eigenvalue weighted by atomic mass is 16.5. The number of allylic oxidation sites excluding steroid dienone is 3. The van der Waals surface area contributed by atoms with Crippen molar-refractivity contribution in [3.63, 3.8) is 0 Å². The molecule has 0 aromatic heterocycles. The molecule has 0 fully saturated rings. The van der Waals surface area contributed by atoms with Crippen molar-refractivity contribution >= 4 is 0 Å². The molecular formula is C14H23NO. The van der Waals surface area contributed by atoms with Crippen molar-refractivity contribution in [3.05, 3.63) is 36.2 Å². The summed E-state index contributed by atoms with van der Waals surface area (Å²) in [4.78, 5) is 2.29. The Balaban J connectivity index is 2.80. The maximum atomic E-state index is 5.42. The van der Waals surface area contributed by atoms with Crippen molar-refractivity contribution in [1.29, 1.82) is 0 Å². The van der Waals surface area contributed by atoms with Crippen LogP contribution in [0.2, 0.25) is 0 Å². The second kappa shape index (κ2) is 6.54. The van der Waals surface area contributed by atoms with Crippen molar-refractivity contribution in [2.24, 2.45) is 0 Å². The van der Waals surface area contributed by atoms with Gasteiger partial charge in [-0.15, -0.1) is 0 Å². The number of hydrogen-bond acceptors (Lipinski definition) is 2. The van der Waals surface area contributed by atoms with E-state index in [1.165, 1.54) is 18.5 Å². The summed E-state index contributed by atoms with van der Waals surface area (Å²) in [5, 5.41) is 0. The zero-order valence-corrected chi connectivity index (χ0v) is 10.7. The van der Waals surface area contributed by atoms with E-state index in [1.807, 2.05) is 0 Å². The van der Waals surface area contributed by atoms with E-state index < -0.39 is 0 Å². The topological polar surface area (TPSA) is 12.5 Å². The Kier molecular flexibility index (Phi) is 5.33. The zero-order chi connectivity index (χ0) is 12.0. The van der Waals surface area contributed by atoms with Gasteiger partial charge in [0.25, 0.3) is 0 Å². The summed E-state index contributed by atoms with van der Waals surface area (Å²) in [5.74, 6) is 0. The van der Waals surface area contributed by atoms with E-state index in [1.54, 1.807) is 7.11 Å². The first-order chi connectivity index (χ1) is 7.69. The monoisotopic (exact) mass is 221 g/mol. The molecule has 0 radical (unpaired) electrons. The number of rotatable bonds is 5. The average molecular weight is 221 g/mol. The van der Waals surface area contributed by atoms with Crippen molar-refractivity contribution in [2.45, 2.75) is 39.2 Å². The fraction of sp³-hybridized carbons (Fsp3) is 0.571. The first-order valence-corrected chi connectivity index (χ1v) is 6.04. The lowest BCUT2D eigenvalue weighted by Crippen LogP contribution is -2.26.